The van der Waals surface area contributed by atoms with Gasteiger partial charge in [-0.25, -0.2) is 0 Å². The van der Waals surface area contributed by atoms with E-state index < -0.39 is 18.8 Å². The van der Waals surface area contributed by atoms with Gasteiger partial charge in [0.1, 0.15) is 6.04 Å². The topological polar surface area (TPSA) is 29.3 Å². The number of hydrogen-bond acceptors (Lipinski definition) is 3. The lowest BCUT2D eigenvalue weighted by atomic mass is 10.2. The van der Waals surface area contributed by atoms with Crippen LogP contribution in [0.15, 0.2) is 16.8 Å². The molecule has 2 nitrogen and oxygen atoms in total. The molecule has 0 radical (unpaired) electrons. The zero-order valence-corrected chi connectivity index (χ0v) is 9.11. The molecule has 2 N–H and O–H groups in total. The zero-order chi connectivity index (χ0) is 11.5. The molecule has 1 unspecified atom stereocenters. The van der Waals surface area contributed by atoms with Crippen molar-refractivity contribution in [2.24, 2.45) is 5.73 Å². The SMILES string of the molecule is CN(Cc1ccsc1)C(CN)C(F)(F)F. The second kappa shape index (κ2) is 4.96. The van der Waals surface area contributed by atoms with Gasteiger partial charge in [0.25, 0.3) is 0 Å². The Balaban J connectivity index is 2.62. The van der Waals surface area contributed by atoms with Gasteiger partial charge in [0.2, 0.25) is 0 Å². The molecule has 1 rings (SSSR count). The number of likely N-dealkylation sites (N-methyl/N-ethyl adjacent to an activating group) is 1. The molecule has 0 spiro atoms. The quantitative estimate of drug-likeness (QED) is 0.870. The van der Waals surface area contributed by atoms with E-state index in [0.29, 0.717) is 0 Å². The van der Waals surface area contributed by atoms with Gasteiger partial charge in [0.15, 0.2) is 0 Å². The van der Waals surface area contributed by atoms with Crippen molar-refractivity contribution in [2.45, 2.75) is 18.8 Å². The summed E-state index contributed by atoms with van der Waals surface area (Å²) < 4.78 is 37.4. The van der Waals surface area contributed by atoms with Crippen molar-refractivity contribution in [3.63, 3.8) is 0 Å². The third kappa shape index (κ3) is 3.48. The van der Waals surface area contributed by atoms with Crippen LogP contribution in [0.5, 0.6) is 0 Å². The van der Waals surface area contributed by atoms with Gasteiger partial charge in [0, 0.05) is 13.1 Å². The molecule has 0 aliphatic rings. The largest absolute Gasteiger partial charge is 0.405 e. The average molecular weight is 238 g/mol. The number of alkyl halides is 3. The van der Waals surface area contributed by atoms with E-state index in [0.717, 1.165) is 5.56 Å². The van der Waals surface area contributed by atoms with Gasteiger partial charge in [-0.15, -0.1) is 0 Å². The molecule has 0 aliphatic carbocycles. The normalized spacial score (nSPS) is 14.5. The molecule has 1 aromatic heterocycles. The molecular weight excluding hydrogens is 225 g/mol. The van der Waals surface area contributed by atoms with Crippen LogP contribution in [0, 0.1) is 0 Å². The fourth-order valence-corrected chi connectivity index (χ4v) is 2.00. The van der Waals surface area contributed by atoms with Crippen LogP contribution >= 0.6 is 11.3 Å². The average Bonchev–Trinajstić information content (AvgIpc) is 2.54. The van der Waals surface area contributed by atoms with Crippen molar-refractivity contribution in [3.05, 3.63) is 22.4 Å². The summed E-state index contributed by atoms with van der Waals surface area (Å²) in [5.41, 5.74) is 6.01. The Morgan fingerprint density at radius 1 is 1.53 bits per heavy atom. The van der Waals surface area contributed by atoms with Crippen molar-refractivity contribution in [1.82, 2.24) is 4.90 Å². The number of hydrogen-bond donors (Lipinski definition) is 1. The number of nitrogens with two attached hydrogens (primary N) is 1. The van der Waals surface area contributed by atoms with Crippen LogP contribution in [-0.4, -0.2) is 30.7 Å². The van der Waals surface area contributed by atoms with Gasteiger partial charge in [-0.1, -0.05) is 0 Å². The minimum atomic E-state index is -4.26. The summed E-state index contributed by atoms with van der Waals surface area (Å²) in [5.74, 6) is 0. The Kier molecular flexibility index (Phi) is 4.12. The summed E-state index contributed by atoms with van der Waals surface area (Å²) in [7, 11) is 1.43. The lowest BCUT2D eigenvalue weighted by molar-refractivity contribution is -0.178. The first kappa shape index (κ1) is 12.5. The van der Waals surface area contributed by atoms with Gasteiger partial charge in [-0.2, -0.15) is 24.5 Å². The number of rotatable bonds is 4. The van der Waals surface area contributed by atoms with E-state index in [9.17, 15) is 13.2 Å². The Bertz CT molecular complexity index is 284. The van der Waals surface area contributed by atoms with E-state index in [2.05, 4.69) is 0 Å². The van der Waals surface area contributed by atoms with E-state index in [-0.39, 0.29) is 6.54 Å². The fraction of sp³-hybridized carbons (Fsp3) is 0.556. The van der Waals surface area contributed by atoms with E-state index in [1.54, 1.807) is 0 Å². The number of halogens is 3. The van der Waals surface area contributed by atoms with Crippen LogP contribution in [0.2, 0.25) is 0 Å². The smallest absolute Gasteiger partial charge is 0.329 e. The molecule has 0 saturated carbocycles. The summed E-state index contributed by atoms with van der Waals surface area (Å²) >= 11 is 1.47. The summed E-state index contributed by atoms with van der Waals surface area (Å²) in [5, 5.41) is 3.68. The van der Waals surface area contributed by atoms with Gasteiger partial charge in [-0.3, -0.25) is 4.90 Å². The molecule has 1 aromatic rings. The third-order valence-corrected chi connectivity index (χ3v) is 2.88. The molecule has 15 heavy (non-hydrogen) atoms. The number of nitrogens with zero attached hydrogens (tertiary/aromatic N) is 1. The van der Waals surface area contributed by atoms with Gasteiger partial charge >= 0.3 is 6.18 Å². The molecule has 1 heterocycles. The first-order valence-electron chi connectivity index (χ1n) is 4.43. The van der Waals surface area contributed by atoms with Gasteiger partial charge in [-0.05, 0) is 29.4 Å². The highest BCUT2D eigenvalue weighted by molar-refractivity contribution is 7.07. The molecule has 1 atom stereocenters. The van der Waals surface area contributed by atoms with Crippen molar-refractivity contribution in [1.29, 1.82) is 0 Å². The molecule has 0 aliphatic heterocycles. The van der Waals surface area contributed by atoms with Gasteiger partial charge in [0.05, 0.1) is 0 Å². The minimum absolute atomic E-state index is 0.269. The van der Waals surface area contributed by atoms with Crippen LogP contribution in [0.25, 0.3) is 0 Å². The predicted octanol–water partition coefficient (Wildman–Crippen LogP) is 2.07. The molecular formula is C9H13F3N2S. The Morgan fingerprint density at radius 3 is 2.60 bits per heavy atom. The minimum Gasteiger partial charge on any atom is -0.329 e. The summed E-state index contributed by atoms with van der Waals surface area (Å²) in [6, 6.07) is 0.239. The first-order chi connectivity index (χ1) is 6.95. The summed E-state index contributed by atoms with van der Waals surface area (Å²) in [6.45, 7) is -0.144. The first-order valence-corrected chi connectivity index (χ1v) is 5.37. The molecule has 6 heteroatoms. The highest BCUT2D eigenvalue weighted by Gasteiger charge is 2.41. The van der Waals surface area contributed by atoms with Gasteiger partial charge < -0.3 is 5.73 Å². The van der Waals surface area contributed by atoms with Crippen molar-refractivity contribution >= 4 is 11.3 Å². The maximum atomic E-state index is 12.5. The Hall–Kier alpha value is -0.590. The molecule has 0 fully saturated rings. The van der Waals surface area contributed by atoms with Crippen molar-refractivity contribution < 1.29 is 13.2 Å². The van der Waals surface area contributed by atoms with Crippen LogP contribution in [0.3, 0.4) is 0 Å². The van der Waals surface area contributed by atoms with Crippen molar-refractivity contribution in [2.75, 3.05) is 13.6 Å². The van der Waals surface area contributed by atoms with Crippen molar-refractivity contribution in [3.8, 4) is 0 Å². The van der Waals surface area contributed by atoms with Crippen LogP contribution in [0.4, 0.5) is 13.2 Å². The maximum Gasteiger partial charge on any atom is 0.405 e. The van der Waals surface area contributed by atoms with E-state index >= 15 is 0 Å². The Labute approximate surface area is 90.5 Å². The standard InChI is InChI=1S/C9H13F3N2S/c1-14(5-7-2-3-15-6-7)8(4-13)9(10,11)12/h2-3,6,8H,4-5,13H2,1H3. The summed E-state index contributed by atoms with van der Waals surface area (Å²) in [6.07, 6.45) is -4.26. The van der Waals surface area contributed by atoms with E-state index in [1.807, 2.05) is 16.8 Å². The lowest BCUT2D eigenvalue weighted by Gasteiger charge is -2.28. The Morgan fingerprint density at radius 2 is 2.20 bits per heavy atom. The highest BCUT2D eigenvalue weighted by atomic mass is 32.1. The predicted molar refractivity (Wildman–Crippen MR) is 54.7 cm³/mol. The van der Waals surface area contributed by atoms with Crippen LogP contribution in [-0.2, 0) is 6.54 Å². The molecule has 86 valence electrons. The molecule has 0 bridgehead atoms. The highest BCUT2D eigenvalue weighted by Crippen LogP contribution is 2.24. The second-order valence-electron chi connectivity index (χ2n) is 3.34. The number of thiophene rings is 1. The lowest BCUT2D eigenvalue weighted by Crippen LogP contribution is -2.47. The molecule has 0 amide bonds. The third-order valence-electron chi connectivity index (χ3n) is 2.15. The zero-order valence-electron chi connectivity index (χ0n) is 8.29. The monoisotopic (exact) mass is 238 g/mol. The molecule has 0 aromatic carbocycles. The van der Waals surface area contributed by atoms with Crippen LogP contribution < -0.4 is 5.73 Å². The molecule has 0 saturated heterocycles. The van der Waals surface area contributed by atoms with Crippen LogP contribution in [0.1, 0.15) is 5.56 Å². The van der Waals surface area contributed by atoms with E-state index in [4.69, 9.17) is 5.73 Å². The summed E-state index contributed by atoms with van der Waals surface area (Å²) in [4.78, 5) is 1.22. The van der Waals surface area contributed by atoms with E-state index in [1.165, 1.54) is 23.3 Å². The maximum absolute atomic E-state index is 12.5. The fourth-order valence-electron chi connectivity index (χ4n) is 1.34. The second-order valence-corrected chi connectivity index (χ2v) is 4.12.